The number of carbonyl (C=O) groups is 1. The van der Waals surface area contributed by atoms with E-state index < -0.39 is 5.91 Å². The zero-order valence-corrected chi connectivity index (χ0v) is 26.4. The van der Waals surface area contributed by atoms with E-state index in [9.17, 15) is 9.59 Å². The summed E-state index contributed by atoms with van der Waals surface area (Å²) >= 11 is 8.15. The van der Waals surface area contributed by atoms with Crippen molar-refractivity contribution in [3.8, 4) is 5.69 Å². The van der Waals surface area contributed by atoms with Crippen molar-refractivity contribution in [2.45, 2.75) is 38.8 Å². The molecule has 1 aliphatic rings. The van der Waals surface area contributed by atoms with Crippen LogP contribution in [-0.4, -0.2) is 53.4 Å². The lowest BCUT2D eigenvalue weighted by atomic mass is 10.0. The molecule has 1 aromatic heterocycles. The largest absolute Gasteiger partial charge is 0.396 e. The van der Waals surface area contributed by atoms with E-state index in [0.29, 0.717) is 33.9 Å². The number of aromatic nitrogens is 1. The summed E-state index contributed by atoms with van der Waals surface area (Å²) in [6, 6.07) is 21.5. The molecule has 9 heteroatoms. The Balaban J connectivity index is 1.55. The highest BCUT2D eigenvalue weighted by Gasteiger charge is 2.23. The number of aliphatic hydroxyl groups excluding tert-OH is 1. The summed E-state index contributed by atoms with van der Waals surface area (Å²) in [5.74, 6) is -0.409. The van der Waals surface area contributed by atoms with Gasteiger partial charge in [-0.2, -0.15) is 0 Å². The maximum atomic E-state index is 14.0. The molecule has 4 aromatic rings. The number of pyridine rings is 1. The number of rotatable bonds is 11. The van der Waals surface area contributed by atoms with E-state index >= 15 is 0 Å². The van der Waals surface area contributed by atoms with Gasteiger partial charge in [-0.25, -0.2) is 0 Å². The van der Waals surface area contributed by atoms with E-state index in [2.05, 4.69) is 51.0 Å². The Morgan fingerprint density at radius 1 is 0.952 bits per heavy atom. The van der Waals surface area contributed by atoms with Crippen molar-refractivity contribution in [2.75, 3.05) is 32.9 Å². The third-order valence-electron chi connectivity index (χ3n) is 7.57. The number of aliphatic hydroxyl groups is 1. The molecule has 1 saturated heterocycles. The first-order valence-electron chi connectivity index (χ1n) is 14.3. The summed E-state index contributed by atoms with van der Waals surface area (Å²) < 4.78 is 8.08. The second kappa shape index (κ2) is 14.6. The third-order valence-corrected chi connectivity index (χ3v) is 8.85. The summed E-state index contributed by atoms with van der Waals surface area (Å²) in [5.41, 5.74) is 4.62. The fourth-order valence-electron chi connectivity index (χ4n) is 5.31. The molecule has 3 aromatic carbocycles. The van der Waals surface area contributed by atoms with Crippen LogP contribution in [0.5, 0.6) is 0 Å². The van der Waals surface area contributed by atoms with Crippen molar-refractivity contribution in [2.24, 2.45) is 0 Å². The van der Waals surface area contributed by atoms with Crippen molar-refractivity contribution < 1.29 is 14.6 Å². The SMILES string of the molecule is O=C(NCc1ccc(Cl)cc1)c1c(I)n(-c2cccc(CCCCCO)c2)c2ccc(CN3CCOCC3)cc2c1=O. The molecule has 1 fully saturated rings. The van der Waals surface area contributed by atoms with Crippen molar-refractivity contribution in [3.63, 3.8) is 0 Å². The number of benzene rings is 3. The van der Waals surface area contributed by atoms with Crippen LogP contribution in [0.4, 0.5) is 0 Å². The molecule has 7 nitrogen and oxygen atoms in total. The van der Waals surface area contributed by atoms with Crippen LogP contribution in [-0.2, 0) is 24.2 Å². The van der Waals surface area contributed by atoms with Gasteiger partial charge in [-0.3, -0.25) is 14.5 Å². The highest BCUT2D eigenvalue weighted by atomic mass is 127. The predicted molar refractivity (Wildman–Crippen MR) is 176 cm³/mol. The average molecular weight is 700 g/mol. The number of hydrogen-bond donors (Lipinski definition) is 2. The van der Waals surface area contributed by atoms with E-state index in [1.54, 1.807) is 12.1 Å². The van der Waals surface area contributed by atoms with Gasteiger partial charge in [0.25, 0.3) is 5.91 Å². The monoisotopic (exact) mass is 699 g/mol. The average Bonchev–Trinajstić information content (AvgIpc) is 3.00. The summed E-state index contributed by atoms with van der Waals surface area (Å²) in [4.78, 5) is 29.9. The molecule has 0 saturated carbocycles. The summed E-state index contributed by atoms with van der Waals surface area (Å²) in [6.07, 6.45) is 3.63. The zero-order chi connectivity index (χ0) is 29.5. The van der Waals surface area contributed by atoms with Crippen molar-refractivity contribution >= 4 is 51.0 Å². The van der Waals surface area contributed by atoms with E-state index in [-0.39, 0.29) is 24.1 Å². The second-order valence-electron chi connectivity index (χ2n) is 10.6. The number of halogens is 2. The highest BCUT2D eigenvalue weighted by Crippen LogP contribution is 2.26. The normalized spacial score (nSPS) is 13.9. The van der Waals surface area contributed by atoms with Crippen LogP contribution in [0.2, 0.25) is 5.02 Å². The highest BCUT2D eigenvalue weighted by molar-refractivity contribution is 14.1. The molecule has 5 rings (SSSR count). The number of ether oxygens (including phenoxy) is 1. The minimum absolute atomic E-state index is 0.133. The third kappa shape index (κ3) is 7.41. The van der Waals surface area contributed by atoms with Crippen molar-refractivity contribution in [1.82, 2.24) is 14.8 Å². The Morgan fingerprint density at radius 2 is 1.71 bits per heavy atom. The lowest BCUT2D eigenvalue weighted by Gasteiger charge is -2.26. The lowest BCUT2D eigenvalue weighted by molar-refractivity contribution is 0.0342. The quantitative estimate of drug-likeness (QED) is 0.119. The van der Waals surface area contributed by atoms with E-state index in [4.69, 9.17) is 21.4 Å². The molecule has 0 bridgehead atoms. The molecule has 220 valence electrons. The number of amides is 1. The van der Waals surface area contributed by atoms with Crippen molar-refractivity contribution in [3.05, 3.63) is 108 Å². The Morgan fingerprint density at radius 3 is 2.48 bits per heavy atom. The second-order valence-corrected chi connectivity index (χ2v) is 12.0. The maximum absolute atomic E-state index is 14.0. The summed E-state index contributed by atoms with van der Waals surface area (Å²) in [7, 11) is 0. The van der Waals surface area contributed by atoms with Crippen LogP contribution in [0.3, 0.4) is 0 Å². The van der Waals surface area contributed by atoms with E-state index in [1.165, 1.54) is 5.56 Å². The zero-order valence-electron chi connectivity index (χ0n) is 23.5. The molecule has 1 amide bonds. The van der Waals surface area contributed by atoms with Gasteiger partial charge in [-0.05, 0) is 94.9 Å². The van der Waals surface area contributed by atoms with Gasteiger partial charge in [-0.15, -0.1) is 0 Å². The topological polar surface area (TPSA) is 83.8 Å². The Labute approximate surface area is 264 Å². The van der Waals surface area contributed by atoms with Gasteiger partial charge in [0.15, 0.2) is 0 Å². The molecule has 1 aliphatic heterocycles. The molecule has 2 heterocycles. The van der Waals surface area contributed by atoms with Crippen LogP contribution in [0.25, 0.3) is 16.6 Å². The van der Waals surface area contributed by atoms with Crippen LogP contribution in [0, 0.1) is 3.70 Å². The van der Waals surface area contributed by atoms with Crippen LogP contribution in [0.1, 0.15) is 46.3 Å². The Kier molecular flexibility index (Phi) is 10.7. The van der Waals surface area contributed by atoms with Gasteiger partial charge >= 0.3 is 0 Å². The molecular weight excluding hydrogens is 665 g/mol. The first-order valence-corrected chi connectivity index (χ1v) is 15.8. The van der Waals surface area contributed by atoms with Gasteiger partial charge in [0.05, 0.1) is 18.7 Å². The fraction of sp³-hybridized carbons (Fsp3) is 0.333. The smallest absolute Gasteiger partial charge is 0.258 e. The molecule has 0 aliphatic carbocycles. The number of unbranched alkanes of at least 4 members (excludes halogenated alkanes) is 2. The molecule has 0 unspecified atom stereocenters. The minimum atomic E-state index is -0.409. The number of aryl methyl sites for hydroxylation is 1. The van der Waals surface area contributed by atoms with Crippen LogP contribution in [0.15, 0.2) is 71.5 Å². The summed E-state index contributed by atoms with van der Waals surface area (Å²) in [6.45, 7) is 4.30. The van der Waals surface area contributed by atoms with Gasteiger partial charge in [0.1, 0.15) is 9.26 Å². The van der Waals surface area contributed by atoms with Gasteiger partial charge in [0, 0.05) is 48.9 Å². The number of fused-ring (bicyclic) bond motifs is 1. The lowest BCUT2D eigenvalue weighted by Crippen LogP contribution is -2.35. The minimum Gasteiger partial charge on any atom is -0.396 e. The van der Waals surface area contributed by atoms with Crippen LogP contribution < -0.4 is 10.7 Å². The number of carbonyl (C=O) groups excluding carboxylic acids is 1. The van der Waals surface area contributed by atoms with E-state index in [0.717, 1.165) is 61.1 Å². The van der Waals surface area contributed by atoms with E-state index in [1.807, 2.05) is 41.0 Å². The number of nitrogens with zero attached hydrogens (tertiary/aromatic N) is 2. The molecule has 2 N–H and O–H groups in total. The standard InChI is InChI=1S/C33H35ClIN3O4/c34-26-11-8-24(9-12-26)21-36-33(41)30-31(40)28-20-25(22-37-14-17-42-18-15-37)10-13-29(28)38(32(30)35)27-7-4-6-23(19-27)5-2-1-3-16-39/h4,6-13,19-20,39H,1-3,5,14-18,21-22H2,(H,36,41). The van der Waals surface area contributed by atoms with Crippen LogP contribution >= 0.6 is 34.2 Å². The number of nitrogens with one attached hydrogen (secondary N) is 1. The molecular formula is C33H35ClIN3O4. The number of morpholine rings is 1. The first-order chi connectivity index (χ1) is 20.4. The Hall–Kier alpha value is -2.76. The summed E-state index contributed by atoms with van der Waals surface area (Å²) in [5, 5.41) is 13.2. The Bertz CT molecular complexity index is 1600. The predicted octanol–water partition coefficient (Wildman–Crippen LogP) is 5.72. The number of hydrogen-bond acceptors (Lipinski definition) is 5. The van der Waals surface area contributed by atoms with Gasteiger partial charge < -0.3 is 19.7 Å². The maximum Gasteiger partial charge on any atom is 0.258 e. The molecule has 0 atom stereocenters. The molecule has 0 radical (unpaired) electrons. The first kappa shape index (κ1) is 30.7. The molecule has 0 spiro atoms. The molecule has 42 heavy (non-hydrogen) atoms. The van der Waals surface area contributed by atoms with Gasteiger partial charge in [0.2, 0.25) is 5.43 Å². The van der Waals surface area contributed by atoms with Crippen molar-refractivity contribution in [1.29, 1.82) is 0 Å². The van der Waals surface area contributed by atoms with Gasteiger partial charge in [-0.1, -0.05) is 48.4 Å². The fourth-order valence-corrected chi connectivity index (χ4v) is 6.47.